The van der Waals surface area contributed by atoms with Gasteiger partial charge in [0.05, 0.1) is 18.4 Å². The van der Waals surface area contributed by atoms with E-state index in [9.17, 15) is 9.59 Å². The van der Waals surface area contributed by atoms with Gasteiger partial charge in [-0.15, -0.1) is 0 Å². The highest BCUT2D eigenvalue weighted by Gasteiger charge is 2.34. The van der Waals surface area contributed by atoms with Crippen LogP contribution in [-0.4, -0.2) is 18.4 Å². The lowest BCUT2D eigenvalue weighted by atomic mass is 10.1. The Kier molecular flexibility index (Phi) is 3.28. The van der Waals surface area contributed by atoms with Gasteiger partial charge in [-0.2, -0.15) is 5.26 Å². The van der Waals surface area contributed by atoms with E-state index >= 15 is 0 Å². The molecule has 0 aromatic heterocycles. The normalized spacial score (nSPS) is 18.7. The second-order valence-electron chi connectivity index (χ2n) is 4.27. The van der Waals surface area contributed by atoms with Crippen LogP contribution in [0.2, 0.25) is 0 Å². The Morgan fingerprint density at radius 2 is 2.22 bits per heavy atom. The van der Waals surface area contributed by atoms with Crippen molar-refractivity contribution >= 4 is 17.5 Å². The van der Waals surface area contributed by atoms with Crippen LogP contribution in [0, 0.1) is 17.2 Å². The van der Waals surface area contributed by atoms with E-state index in [0.29, 0.717) is 12.2 Å². The topological polar surface area (TPSA) is 87.2 Å². The zero-order chi connectivity index (χ0) is 13.1. The summed E-state index contributed by atoms with van der Waals surface area (Å²) in [5.41, 5.74) is 6.72. The van der Waals surface area contributed by atoms with Crippen LogP contribution in [0.25, 0.3) is 0 Å². The predicted octanol–water partition coefficient (Wildman–Crippen LogP) is 0.591. The molecule has 0 radical (unpaired) electrons. The highest BCUT2D eigenvalue weighted by molar-refractivity contribution is 6.00. The molecule has 1 saturated heterocycles. The standard InChI is InChI=1S/C13H13N3O2/c14-6-5-9-3-1-2-4-11(9)16-8-10(13(15)18)7-12(16)17/h1-4,10H,5,7-8H2,(H2,15,18). The van der Waals surface area contributed by atoms with Gasteiger partial charge in [-0.25, -0.2) is 0 Å². The van der Waals surface area contributed by atoms with Crippen LogP contribution in [0.3, 0.4) is 0 Å². The first-order chi connectivity index (χ1) is 8.63. The monoisotopic (exact) mass is 243 g/mol. The number of nitriles is 1. The van der Waals surface area contributed by atoms with Gasteiger partial charge in [-0.05, 0) is 11.6 Å². The fraction of sp³-hybridized carbons (Fsp3) is 0.308. The van der Waals surface area contributed by atoms with E-state index in [0.717, 1.165) is 5.56 Å². The molecule has 1 unspecified atom stereocenters. The van der Waals surface area contributed by atoms with Crippen molar-refractivity contribution in [2.75, 3.05) is 11.4 Å². The second kappa shape index (κ2) is 4.88. The second-order valence-corrected chi connectivity index (χ2v) is 4.27. The first kappa shape index (κ1) is 12.1. The Balaban J connectivity index is 2.30. The summed E-state index contributed by atoms with van der Waals surface area (Å²) < 4.78 is 0. The number of carbonyl (C=O) groups excluding carboxylic acids is 2. The Morgan fingerprint density at radius 1 is 1.50 bits per heavy atom. The van der Waals surface area contributed by atoms with Gasteiger partial charge in [-0.3, -0.25) is 9.59 Å². The molecular weight excluding hydrogens is 230 g/mol. The Morgan fingerprint density at radius 3 is 2.83 bits per heavy atom. The van der Waals surface area contributed by atoms with Gasteiger partial charge in [0.15, 0.2) is 0 Å². The molecule has 5 nitrogen and oxygen atoms in total. The van der Waals surface area contributed by atoms with E-state index in [1.165, 1.54) is 0 Å². The number of amides is 2. The van der Waals surface area contributed by atoms with Crippen molar-refractivity contribution in [3.8, 4) is 6.07 Å². The van der Waals surface area contributed by atoms with Crippen LogP contribution in [0.1, 0.15) is 12.0 Å². The fourth-order valence-corrected chi connectivity index (χ4v) is 2.14. The number of hydrogen-bond donors (Lipinski definition) is 1. The molecule has 1 aliphatic heterocycles. The van der Waals surface area contributed by atoms with Gasteiger partial charge in [-0.1, -0.05) is 18.2 Å². The molecule has 18 heavy (non-hydrogen) atoms. The molecule has 1 aromatic carbocycles. The lowest BCUT2D eigenvalue weighted by molar-refractivity contribution is -0.123. The highest BCUT2D eigenvalue weighted by atomic mass is 16.2. The van der Waals surface area contributed by atoms with Gasteiger partial charge in [0, 0.05) is 18.7 Å². The molecule has 1 aromatic rings. The quantitative estimate of drug-likeness (QED) is 0.842. The number of nitrogens with zero attached hydrogens (tertiary/aromatic N) is 2. The SMILES string of the molecule is N#CCc1ccccc1N1CC(C(N)=O)CC1=O. The summed E-state index contributed by atoms with van der Waals surface area (Å²) in [5, 5.41) is 8.77. The van der Waals surface area contributed by atoms with E-state index < -0.39 is 11.8 Å². The number of benzene rings is 1. The van der Waals surface area contributed by atoms with Crippen molar-refractivity contribution in [2.45, 2.75) is 12.8 Å². The minimum atomic E-state index is -0.455. The van der Waals surface area contributed by atoms with E-state index in [1.807, 2.05) is 12.1 Å². The summed E-state index contributed by atoms with van der Waals surface area (Å²) in [6.07, 6.45) is 0.386. The van der Waals surface area contributed by atoms with Crippen LogP contribution in [0.5, 0.6) is 0 Å². The summed E-state index contributed by atoms with van der Waals surface area (Å²) in [5.74, 6) is -1.01. The zero-order valence-electron chi connectivity index (χ0n) is 9.80. The maximum Gasteiger partial charge on any atom is 0.227 e. The van der Waals surface area contributed by atoms with E-state index in [1.54, 1.807) is 17.0 Å². The molecule has 0 bridgehead atoms. The van der Waals surface area contributed by atoms with Crippen molar-refractivity contribution in [3.05, 3.63) is 29.8 Å². The fourth-order valence-electron chi connectivity index (χ4n) is 2.14. The largest absolute Gasteiger partial charge is 0.369 e. The average Bonchev–Trinajstić information content (AvgIpc) is 2.73. The minimum Gasteiger partial charge on any atom is -0.369 e. The summed E-state index contributed by atoms with van der Waals surface area (Å²) in [4.78, 5) is 24.6. The molecule has 92 valence electrons. The lowest BCUT2D eigenvalue weighted by Gasteiger charge is -2.19. The van der Waals surface area contributed by atoms with Gasteiger partial charge in [0.1, 0.15) is 0 Å². The molecule has 2 N–H and O–H groups in total. The molecule has 1 fully saturated rings. The molecule has 0 saturated carbocycles. The van der Waals surface area contributed by atoms with E-state index in [2.05, 4.69) is 6.07 Å². The maximum atomic E-state index is 11.9. The van der Waals surface area contributed by atoms with Crippen molar-refractivity contribution in [1.29, 1.82) is 5.26 Å². The number of anilines is 1. The molecule has 2 amide bonds. The Hall–Kier alpha value is -2.35. The van der Waals surface area contributed by atoms with Gasteiger partial charge in [0.2, 0.25) is 11.8 Å². The lowest BCUT2D eigenvalue weighted by Crippen LogP contribution is -2.29. The van der Waals surface area contributed by atoms with Crippen LogP contribution in [-0.2, 0) is 16.0 Å². The smallest absolute Gasteiger partial charge is 0.227 e. The minimum absolute atomic E-state index is 0.121. The number of nitrogens with two attached hydrogens (primary N) is 1. The van der Waals surface area contributed by atoms with Crippen LogP contribution < -0.4 is 10.6 Å². The number of hydrogen-bond acceptors (Lipinski definition) is 3. The number of para-hydroxylation sites is 1. The first-order valence-electron chi connectivity index (χ1n) is 5.68. The highest BCUT2D eigenvalue weighted by Crippen LogP contribution is 2.28. The molecule has 0 spiro atoms. The number of primary amides is 1. The third kappa shape index (κ3) is 2.18. The molecule has 1 atom stereocenters. The van der Waals surface area contributed by atoms with Crippen LogP contribution in [0.4, 0.5) is 5.69 Å². The maximum absolute atomic E-state index is 11.9. The predicted molar refractivity (Wildman–Crippen MR) is 65.4 cm³/mol. The van der Waals surface area contributed by atoms with Crippen molar-refractivity contribution in [2.24, 2.45) is 11.7 Å². The van der Waals surface area contributed by atoms with Crippen LogP contribution in [0.15, 0.2) is 24.3 Å². The van der Waals surface area contributed by atoms with E-state index in [4.69, 9.17) is 11.0 Å². The molecule has 1 heterocycles. The van der Waals surface area contributed by atoms with Crippen molar-refractivity contribution in [1.82, 2.24) is 0 Å². The first-order valence-corrected chi connectivity index (χ1v) is 5.68. The molecule has 2 rings (SSSR count). The molecular formula is C13H13N3O2. The van der Waals surface area contributed by atoms with Gasteiger partial charge >= 0.3 is 0 Å². The molecule has 5 heteroatoms. The third-order valence-corrected chi connectivity index (χ3v) is 3.08. The molecule has 1 aliphatic rings. The summed E-state index contributed by atoms with van der Waals surface area (Å²) in [7, 11) is 0. The van der Waals surface area contributed by atoms with Crippen molar-refractivity contribution in [3.63, 3.8) is 0 Å². The Bertz CT molecular complexity index is 533. The van der Waals surface area contributed by atoms with Crippen LogP contribution >= 0.6 is 0 Å². The van der Waals surface area contributed by atoms with Gasteiger partial charge in [0.25, 0.3) is 0 Å². The summed E-state index contributed by atoms with van der Waals surface area (Å²) in [6.45, 7) is 0.302. The Labute approximate surface area is 105 Å². The van der Waals surface area contributed by atoms with E-state index in [-0.39, 0.29) is 18.7 Å². The zero-order valence-corrected chi connectivity index (χ0v) is 9.80. The van der Waals surface area contributed by atoms with Gasteiger partial charge < -0.3 is 10.6 Å². The average molecular weight is 243 g/mol. The summed E-state index contributed by atoms with van der Waals surface area (Å²) in [6, 6.07) is 9.29. The summed E-state index contributed by atoms with van der Waals surface area (Å²) >= 11 is 0. The third-order valence-electron chi connectivity index (χ3n) is 3.08. The number of carbonyl (C=O) groups is 2. The molecule has 0 aliphatic carbocycles. The van der Waals surface area contributed by atoms with Crippen molar-refractivity contribution < 1.29 is 9.59 Å². The number of rotatable bonds is 3.